The molecule has 1 atom stereocenters. The standard InChI is InChI=1S/C15H13F2N3O2S/c1-2-23-15-19-13-12(14(22)20-15)9(6-11(21)18-13)8-5-7(16)3-4-10(8)17/h3-5,9H,2,6H2,1H3,(H2,18,19,20,21,22)/t9-/m1/s1. The fraction of sp³-hybridized carbons (Fsp3) is 0.267. The van der Waals surface area contributed by atoms with Crippen molar-refractivity contribution >= 4 is 23.5 Å². The van der Waals surface area contributed by atoms with E-state index in [9.17, 15) is 18.4 Å². The Morgan fingerprint density at radius 2 is 2.13 bits per heavy atom. The van der Waals surface area contributed by atoms with Gasteiger partial charge in [0.15, 0.2) is 5.16 Å². The first-order valence-corrected chi connectivity index (χ1v) is 8.00. The van der Waals surface area contributed by atoms with Crippen molar-refractivity contribution in [2.45, 2.75) is 24.4 Å². The normalized spacial score (nSPS) is 16.8. The molecule has 1 aliphatic heterocycles. The Hall–Kier alpha value is -2.22. The molecule has 23 heavy (non-hydrogen) atoms. The number of nitrogens with one attached hydrogen (secondary N) is 2. The summed E-state index contributed by atoms with van der Waals surface area (Å²) >= 11 is 1.31. The van der Waals surface area contributed by atoms with Gasteiger partial charge in [-0.05, 0) is 29.5 Å². The van der Waals surface area contributed by atoms with E-state index >= 15 is 0 Å². The molecule has 1 aromatic heterocycles. The second kappa shape index (κ2) is 6.11. The molecule has 5 nitrogen and oxygen atoms in total. The third-order valence-electron chi connectivity index (χ3n) is 3.54. The van der Waals surface area contributed by atoms with E-state index in [1.54, 1.807) is 0 Å². The number of hydrogen-bond acceptors (Lipinski definition) is 4. The van der Waals surface area contributed by atoms with Gasteiger partial charge in [-0.2, -0.15) is 0 Å². The van der Waals surface area contributed by atoms with E-state index in [4.69, 9.17) is 0 Å². The lowest BCUT2D eigenvalue weighted by molar-refractivity contribution is -0.116. The second-order valence-corrected chi connectivity index (χ2v) is 6.29. The van der Waals surface area contributed by atoms with Crippen molar-refractivity contribution in [1.29, 1.82) is 0 Å². The molecule has 0 radical (unpaired) electrons. The number of fused-ring (bicyclic) bond motifs is 1. The maximum atomic E-state index is 14.1. The van der Waals surface area contributed by atoms with Gasteiger partial charge < -0.3 is 10.3 Å². The molecule has 0 saturated carbocycles. The van der Waals surface area contributed by atoms with Crippen LogP contribution in [0.1, 0.15) is 30.4 Å². The third kappa shape index (κ3) is 2.98. The first kappa shape index (κ1) is 15.7. The van der Waals surface area contributed by atoms with Crippen LogP contribution in [0, 0.1) is 11.6 Å². The molecular weight excluding hydrogens is 324 g/mol. The minimum absolute atomic E-state index is 0.0238. The SMILES string of the molecule is CCSc1nc2c(c(=O)[nH]1)[C@@H](c1cc(F)ccc1F)CC(=O)N2. The van der Waals surface area contributed by atoms with E-state index in [2.05, 4.69) is 15.3 Å². The van der Waals surface area contributed by atoms with Crippen molar-refractivity contribution in [3.8, 4) is 0 Å². The maximum Gasteiger partial charge on any atom is 0.257 e. The Morgan fingerprint density at radius 1 is 1.35 bits per heavy atom. The Bertz CT molecular complexity index is 838. The number of anilines is 1. The van der Waals surface area contributed by atoms with Crippen molar-refractivity contribution < 1.29 is 13.6 Å². The highest BCUT2D eigenvalue weighted by Gasteiger charge is 2.32. The van der Waals surface area contributed by atoms with Crippen LogP contribution in [0.3, 0.4) is 0 Å². The summed E-state index contributed by atoms with van der Waals surface area (Å²) < 4.78 is 27.5. The highest BCUT2D eigenvalue weighted by atomic mass is 32.2. The van der Waals surface area contributed by atoms with Gasteiger partial charge in [-0.3, -0.25) is 9.59 Å². The molecule has 0 spiro atoms. The zero-order chi connectivity index (χ0) is 16.6. The van der Waals surface area contributed by atoms with Crippen molar-refractivity contribution in [3.05, 3.63) is 51.3 Å². The quantitative estimate of drug-likeness (QED) is 0.667. The monoisotopic (exact) mass is 337 g/mol. The summed E-state index contributed by atoms with van der Waals surface area (Å²) in [5.74, 6) is -1.75. The van der Waals surface area contributed by atoms with Gasteiger partial charge in [-0.15, -0.1) is 0 Å². The number of halogens is 2. The van der Waals surface area contributed by atoms with Gasteiger partial charge in [0.25, 0.3) is 5.56 Å². The highest BCUT2D eigenvalue weighted by molar-refractivity contribution is 7.99. The summed E-state index contributed by atoms with van der Waals surface area (Å²) in [6.45, 7) is 1.90. The van der Waals surface area contributed by atoms with Gasteiger partial charge >= 0.3 is 0 Å². The molecule has 2 heterocycles. The van der Waals surface area contributed by atoms with E-state index in [0.29, 0.717) is 10.9 Å². The van der Waals surface area contributed by atoms with Crippen LogP contribution < -0.4 is 10.9 Å². The van der Waals surface area contributed by atoms with Crippen LogP contribution in [0.15, 0.2) is 28.2 Å². The number of carbonyl (C=O) groups is 1. The molecule has 1 aromatic carbocycles. The number of amides is 1. The van der Waals surface area contributed by atoms with Crippen LogP contribution in [-0.2, 0) is 4.79 Å². The molecule has 8 heteroatoms. The average Bonchev–Trinajstić information content (AvgIpc) is 2.48. The van der Waals surface area contributed by atoms with E-state index in [1.165, 1.54) is 11.8 Å². The maximum absolute atomic E-state index is 14.1. The molecule has 3 rings (SSSR count). The zero-order valence-corrected chi connectivity index (χ0v) is 13.0. The van der Waals surface area contributed by atoms with Crippen LogP contribution in [-0.4, -0.2) is 21.6 Å². The van der Waals surface area contributed by atoms with Crippen molar-refractivity contribution in [2.24, 2.45) is 0 Å². The van der Waals surface area contributed by atoms with Gasteiger partial charge in [0.05, 0.1) is 5.56 Å². The number of benzene rings is 1. The Kier molecular flexibility index (Phi) is 4.16. The minimum atomic E-state index is -0.869. The molecule has 0 bridgehead atoms. The van der Waals surface area contributed by atoms with Crippen molar-refractivity contribution in [1.82, 2.24) is 9.97 Å². The predicted octanol–water partition coefficient (Wildman–Crippen LogP) is 2.63. The molecule has 2 aromatic rings. The Balaban J connectivity index is 2.17. The lowest BCUT2D eigenvalue weighted by Gasteiger charge is -2.24. The van der Waals surface area contributed by atoms with Crippen LogP contribution in [0.2, 0.25) is 0 Å². The fourth-order valence-corrected chi connectivity index (χ4v) is 3.20. The van der Waals surface area contributed by atoms with Crippen LogP contribution >= 0.6 is 11.8 Å². The number of thioether (sulfide) groups is 1. The van der Waals surface area contributed by atoms with E-state index in [-0.39, 0.29) is 23.4 Å². The summed E-state index contributed by atoms with van der Waals surface area (Å²) in [5.41, 5.74) is -0.335. The largest absolute Gasteiger partial charge is 0.310 e. The number of carbonyl (C=O) groups excluding carboxylic acids is 1. The summed E-state index contributed by atoms with van der Waals surface area (Å²) in [5, 5.41) is 2.91. The molecule has 0 unspecified atom stereocenters. The lowest BCUT2D eigenvalue weighted by Crippen LogP contribution is -2.31. The lowest BCUT2D eigenvalue weighted by atomic mass is 9.86. The Morgan fingerprint density at radius 3 is 2.87 bits per heavy atom. The molecule has 0 aliphatic carbocycles. The van der Waals surface area contributed by atoms with Crippen LogP contribution in [0.4, 0.5) is 14.6 Å². The number of rotatable bonds is 3. The first-order valence-electron chi connectivity index (χ1n) is 7.01. The number of aromatic nitrogens is 2. The van der Waals surface area contributed by atoms with Gasteiger partial charge in [0, 0.05) is 12.3 Å². The summed E-state index contributed by atoms with van der Waals surface area (Å²) in [7, 11) is 0. The number of nitrogens with zero attached hydrogens (tertiary/aromatic N) is 1. The number of hydrogen-bond donors (Lipinski definition) is 2. The van der Waals surface area contributed by atoms with E-state index in [1.807, 2.05) is 6.92 Å². The van der Waals surface area contributed by atoms with E-state index in [0.717, 1.165) is 18.2 Å². The molecule has 0 saturated heterocycles. The average molecular weight is 337 g/mol. The number of H-pyrrole nitrogens is 1. The number of aromatic amines is 1. The smallest absolute Gasteiger partial charge is 0.257 e. The fourth-order valence-electron chi connectivity index (χ4n) is 2.60. The minimum Gasteiger partial charge on any atom is -0.310 e. The third-order valence-corrected chi connectivity index (χ3v) is 4.30. The van der Waals surface area contributed by atoms with E-state index < -0.39 is 29.0 Å². The molecule has 2 N–H and O–H groups in total. The van der Waals surface area contributed by atoms with Crippen molar-refractivity contribution in [2.75, 3.05) is 11.1 Å². The molecule has 1 aliphatic rings. The zero-order valence-electron chi connectivity index (χ0n) is 12.2. The van der Waals surface area contributed by atoms with Gasteiger partial charge in [0.2, 0.25) is 5.91 Å². The van der Waals surface area contributed by atoms with Gasteiger partial charge in [-0.1, -0.05) is 18.7 Å². The van der Waals surface area contributed by atoms with Gasteiger partial charge in [0.1, 0.15) is 17.5 Å². The summed E-state index contributed by atoms with van der Waals surface area (Å²) in [6, 6.07) is 2.99. The molecule has 0 fully saturated rings. The molecular formula is C15H13F2N3O2S. The first-order chi connectivity index (χ1) is 11.0. The molecule has 1 amide bonds. The highest BCUT2D eigenvalue weighted by Crippen LogP contribution is 2.35. The Labute approximate surface area is 134 Å². The topological polar surface area (TPSA) is 74.8 Å². The second-order valence-electron chi connectivity index (χ2n) is 5.04. The summed E-state index contributed by atoms with van der Waals surface area (Å²) in [4.78, 5) is 31.1. The summed E-state index contributed by atoms with van der Waals surface area (Å²) in [6.07, 6.45) is -0.140. The van der Waals surface area contributed by atoms with Crippen LogP contribution in [0.5, 0.6) is 0 Å². The van der Waals surface area contributed by atoms with Crippen molar-refractivity contribution in [3.63, 3.8) is 0 Å². The molecule has 120 valence electrons. The van der Waals surface area contributed by atoms with Crippen LogP contribution in [0.25, 0.3) is 0 Å². The predicted molar refractivity (Wildman–Crippen MR) is 82.7 cm³/mol. The van der Waals surface area contributed by atoms with Gasteiger partial charge in [-0.25, -0.2) is 13.8 Å².